The first-order valence-corrected chi connectivity index (χ1v) is 9.93. The van der Waals surface area contributed by atoms with E-state index in [4.69, 9.17) is 23.2 Å². The van der Waals surface area contributed by atoms with Crippen LogP contribution >= 0.6 is 23.2 Å². The lowest BCUT2D eigenvalue weighted by molar-refractivity contribution is 1.62. The van der Waals surface area contributed by atoms with Gasteiger partial charge in [0.15, 0.2) is 0 Å². The van der Waals surface area contributed by atoms with Crippen molar-refractivity contribution in [3.63, 3.8) is 0 Å². The summed E-state index contributed by atoms with van der Waals surface area (Å²) in [5.74, 6) is 0. The second-order valence-electron chi connectivity index (χ2n) is 6.90. The molecular weight excluding hydrogens is 383 g/mol. The maximum absolute atomic E-state index is 6.58. The van der Waals surface area contributed by atoms with Gasteiger partial charge in [0.2, 0.25) is 0 Å². The zero-order valence-electron chi connectivity index (χ0n) is 15.0. The normalized spacial score (nSPS) is 11.2. The van der Waals surface area contributed by atoms with E-state index in [1.807, 2.05) is 36.4 Å². The maximum atomic E-state index is 6.58. The van der Waals surface area contributed by atoms with Gasteiger partial charge in [-0.3, -0.25) is 0 Å². The minimum absolute atomic E-state index is 0.743. The van der Waals surface area contributed by atoms with E-state index in [1.54, 1.807) is 0 Å². The Kier molecular flexibility index (Phi) is 4.31. The number of hydrogen-bond donors (Lipinski definition) is 0. The SMILES string of the molecule is Clc1ccccc1-c1cc(-c2ccccc2Cl)c2cc3ccccc3cc2c1. The molecule has 5 rings (SSSR count). The number of hydrogen-bond acceptors (Lipinski definition) is 0. The van der Waals surface area contributed by atoms with E-state index in [0.717, 1.165) is 32.3 Å². The lowest BCUT2D eigenvalue weighted by atomic mass is 9.91. The molecule has 0 aromatic heterocycles. The minimum atomic E-state index is 0.743. The summed E-state index contributed by atoms with van der Waals surface area (Å²) in [5, 5.41) is 6.28. The molecule has 0 bridgehead atoms. The van der Waals surface area contributed by atoms with Crippen LogP contribution in [-0.2, 0) is 0 Å². The second kappa shape index (κ2) is 6.98. The Bertz CT molecular complexity index is 1340. The topological polar surface area (TPSA) is 0 Å². The molecular formula is C26H16Cl2. The van der Waals surface area contributed by atoms with Gasteiger partial charge in [0.1, 0.15) is 0 Å². The summed E-state index contributed by atoms with van der Waals surface area (Å²) in [4.78, 5) is 0. The zero-order chi connectivity index (χ0) is 19.1. The molecule has 134 valence electrons. The van der Waals surface area contributed by atoms with E-state index in [-0.39, 0.29) is 0 Å². The zero-order valence-corrected chi connectivity index (χ0v) is 16.5. The van der Waals surface area contributed by atoms with Crippen molar-refractivity contribution in [1.29, 1.82) is 0 Å². The summed E-state index contributed by atoms with van der Waals surface area (Å²) < 4.78 is 0. The van der Waals surface area contributed by atoms with Gasteiger partial charge in [-0.15, -0.1) is 0 Å². The highest BCUT2D eigenvalue weighted by Gasteiger charge is 2.13. The van der Waals surface area contributed by atoms with Crippen molar-refractivity contribution in [3.8, 4) is 22.3 Å². The van der Waals surface area contributed by atoms with Crippen LogP contribution < -0.4 is 0 Å². The first-order valence-electron chi connectivity index (χ1n) is 9.17. The van der Waals surface area contributed by atoms with E-state index < -0.39 is 0 Å². The fraction of sp³-hybridized carbons (Fsp3) is 0. The molecule has 0 nitrogen and oxygen atoms in total. The van der Waals surface area contributed by atoms with Gasteiger partial charge in [0.05, 0.1) is 0 Å². The van der Waals surface area contributed by atoms with E-state index >= 15 is 0 Å². The standard InChI is InChI=1S/C26H16Cl2/c27-25-11-5-3-9-21(25)20-14-19-13-17-7-1-2-8-18(17)15-23(19)24(16-20)22-10-4-6-12-26(22)28/h1-16H. The van der Waals surface area contributed by atoms with E-state index in [2.05, 4.69) is 60.7 Å². The lowest BCUT2D eigenvalue weighted by Crippen LogP contribution is -1.88. The molecule has 0 saturated heterocycles. The van der Waals surface area contributed by atoms with Crippen LogP contribution in [0.15, 0.2) is 97.1 Å². The molecule has 28 heavy (non-hydrogen) atoms. The van der Waals surface area contributed by atoms with Gasteiger partial charge in [-0.25, -0.2) is 0 Å². The van der Waals surface area contributed by atoms with Gasteiger partial charge >= 0.3 is 0 Å². The van der Waals surface area contributed by atoms with E-state index in [9.17, 15) is 0 Å². The Morgan fingerprint density at radius 3 is 1.68 bits per heavy atom. The van der Waals surface area contributed by atoms with Crippen LogP contribution in [0.4, 0.5) is 0 Å². The number of rotatable bonds is 2. The van der Waals surface area contributed by atoms with Gasteiger partial charge in [0.25, 0.3) is 0 Å². The Hall–Kier alpha value is -2.80. The largest absolute Gasteiger partial charge is 0.0837 e. The highest BCUT2D eigenvalue weighted by molar-refractivity contribution is 6.34. The molecule has 0 unspecified atom stereocenters. The molecule has 0 aliphatic carbocycles. The summed E-state index contributed by atoms with van der Waals surface area (Å²) in [7, 11) is 0. The molecule has 0 radical (unpaired) electrons. The van der Waals surface area contributed by atoms with Crippen LogP contribution in [0.3, 0.4) is 0 Å². The highest BCUT2D eigenvalue weighted by Crippen LogP contribution is 2.40. The van der Waals surface area contributed by atoms with Crippen molar-refractivity contribution in [2.24, 2.45) is 0 Å². The van der Waals surface area contributed by atoms with Crippen LogP contribution in [-0.4, -0.2) is 0 Å². The third-order valence-electron chi connectivity index (χ3n) is 5.17. The molecule has 0 N–H and O–H groups in total. The monoisotopic (exact) mass is 398 g/mol. The predicted octanol–water partition coefficient (Wildman–Crippen LogP) is 8.63. The van der Waals surface area contributed by atoms with Crippen LogP contribution in [0.5, 0.6) is 0 Å². The molecule has 5 aromatic rings. The Balaban J connectivity index is 1.90. The van der Waals surface area contributed by atoms with Crippen LogP contribution in [0.25, 0.3) is 43.8 Å². The van der Waals surface area contributed by atoms with Crippen LogP contribution in [0.1, 0.15) is 0 Å². The van der Waals surface area contributed by atoms with Crippen molar-refractivity contribution in [2.75, 3.05) is 0 Å². The summed E-state index contributed by atoms with van der Waals surface area (Å²) in [6.07, 6.45) is 0. The third kappa shape index (κ3) is 2.96. The Morgan fingerprint density at radius 2 is 1.00 bits per heavy atom. The molecule has 0 heterocycles. The quantitative estimate of drug-likeness (QED) is 0.261. The lowest BCUT2D eigenvalue weighted by Gasteiger charge is -2.14. The van der Waals surface area contributed by atoms with Crippen LogP contribution in [0.2, 0.25) is 10.0 Å². The molecule has 0 aliphatic heterocycles. The highest BCUT2D eigenvalue weighted by atomic mass is 35.5. The first-order chi connectivity index (χ1) is 13.7. The van der Waals surface area contributed by atoms with Gasteiger partial charge in [-0.1, -0.05) is 83.9 Å². The average molecular weight is 399 g/mol. The molecule has 0 amide bonds. The van der Waals surface area contributed by atoms with Crippen molar-refractivity contribution in [1.82, 2.24) is 0 Å². The summed E-state index contributed by atoms with van der Waals surface area (Å²) >= 11 is 13.1. The van der Waals surface area contributed by atoms with Gasteiger partial charge in [0, 0.05) is 21.2 Å². The van der Waals surface area contributed by atoms with E-state index in [0.29, 0.717) is 0 Å². The predicted molar refractivity (Wildman–Crippen MR) is 122 cm³/mol. The minimum Gasteiger partial charge on any atom is -0.0837 e. The van der Waals surface area contributed by atoms with Crippen molar-refractivity contribution in [3.05, 3.63) is 107 Å². The maximum Gasteiger partial charge on any atom is 0.0484 e. The first kappa shape index (κ1) is 17.3. The van der Waals surface area contributed by atoms with Crippen molar-refractivity contribution in [2.45, 2.75) is 0 Å². The molecule has 0 saturated carbocycles. The van der Waals surface area contributed by atoms with Crippen LogP contribution in [0, 0.1) is 0 Å². The number of fused-ring (bicyclic) bond motifs is 2. The van der Waals surface area contributed by atoms with Gasteiger partial charge in [-0.05, 0) is 69.1 Å². The van der Waals surface area contributed by atoms with Gasteiger partial charge in [-0.2, -0.15) is 0 Å². The molecule has 0 atom stereocenters. The number of benzene rings is 5. The fourth-order valence-electron chi connectivity index (χ4n) is 3.81. The summed E-state index contributed by atoms with van der Waals surface area (Å²) in [6, 6.07) is 33.3. The second-order valence-corrected chi connectivity index (χ2v) is 7.72. The average Bonchev–Trinajstić information content (AvgIpc) is 2.72. The number of halogens is 2. The van der Waals surface area contributed by atoms with E-state index in [1.165, 1.54) is 21.5 Å². The summed E-state index contributed by atoms with van der Waals surface area (Å²) in [6.45, 7) is 0. The molecule has 5 aromatic carbocycles. The molecule has 0 aliphatic rings. The van der Waals surface area contributed by atoms with Gasteiger partial charge < -0.3 is 0 Å². The third-order valence-corrected chi connectivity index (χ3v) is 5.83. The molecule has 2 heteroatoms. The van der Waals surface area contributed by atoms with Crippen molar-refractivity contribution < 1.29 is 0 Å². The summed E-state index contributed by atoms with van der Waals surface area (Å²) in [5.41, 5.74) is 4.25. The fourth-order valence-corrected chi connectivity index (χ4v) is 4.29. The molecule has 0 fully saturated rings. The smallest absolute Gasteiger partial charge is 0.0484 e. The van der Waals surface area contributed by atoms with Crippen molar-refractivity contribution >= 4 is 44.7 Å². The Morgan fingerprint density at radius 1 is 0.429 bits per heavy atom. The Labute approximate surface area is 174 Å². The molecule has 0 spiro atoms.